The van der Waals surface area contributed by atoms with Gasteiger partial charge in [-0.25, -0.2) is 0 Å². The van der Waals surface area contributed by atoms with Crippen molar-refractivity contribution >= 4 is 34.9 Å². The van der Waals surface area contributed by atoms with E-state index < -0.39 is 0 Å². The second-order valence-corrected chi connectivity index (χ2v) is 12.0. The zero-order chi connectivity index (χ0) is 18.2. The number of nitrogens with zero attached hydrogens (tertiary/aromatic N) is 2. The molecule has 0 aromatic carbocycles. The van der Waals surface area contributed by atoms with E-state index in [1.54, 1.807) is 23.1 Å². The molecular formula is C20H32N2S3. The first kappa shape index (κ1) is 19.8. The molecule has 140 valence electrons. The molecule has 4 rings (SSSR count). The van der Waals surface area contributed by atoms with Crippen LogP contribution in [0.25, 0.3) is 0 Å². The first-order chi connectivity index (χ1) is 11.8. The summed E-state index contributed by atoms with van der Waals surface area (Å²) in [6, 6.07) is 0. The molecule has 1 aromatic heterocycles. The molecule has 0 spiro atoms. The highest BCUT2D eigenvalue weighted by Gasteiger charge is 2.60. The molecule has 1 aromatic rings. The minimum atomic E-state index is 0.369. The van der Waals surface area contributed by atoms with Gasteiger partial charge < -0.3 is 0 Å². The molecule has 2 bridgehead atoms. The van der Waals surface area contributed by atoms with Crippen LogP contribution in [0, 0.1) is 34.5 Å². The zero-order valence-electron chi connectivity index (χ0n) is 16.2. The van der Waals surface area contributed by atoms with E-state index in [0.29, 0.717) is 16.7 Å². The Bertz CT molecular complexity index is 612. The van der Waals surface area contributed by atoms with E-state index in [2.05, 4.69) is 56.8 Å². The first-order valence-electron chi connectivity index (χ1n) is 9.46. The Hall–Kier alpha value is -0.0000000000000000833. The SMILES string of the molecule is C=CC1CCC(C)(C)C2(CSc3nnc(SC)s3)CC(C(C)C1)C2C. The number of fused-ring (bicyclic) bond motifs is 5. The van der Waals surface area contributed by atoms with E-state index in [1.165, 1.54) is 31.4 Å². The smallest absolute Gasteiger partial charge is 0.131 e. The van der Waals surface area contributed by atoms with Gasteiger partial charge in [-0.05, 0) is 66.4 Å². The summed E-state index contributed by atoms with van der Waals surface area (Å²) < 4.78 is 2.22. The summed E-state index contributed by atoms with van der Waals surface area (Å²) in [5.41, 5.74) is 0.798. The molecule has 0 aliphatic heterocycles. The fourth-order valence-electron chi connectivity index (χ4n) is 5.31. The highest BCUT2D eigenvalue weighted by atomic mass is 32.2. The van der Waals surface area contributed by atoms with Crippen LogP contribution in [0.1, 0.15) is 53.4 Å². The van der Waals surface area contributed by atoms with Crippen molar-refractivity contribution in [3.8, 4) is 0 Å². The number of allylic oxidation sites excluding steroid dienone is 1. The number of aromatic nitrogens is 2. The lowest BCUT2D eigenvalue weighted by Gasteiger charge is -2.63. The van der Waals surface area contributed by atoms with Crippen molar-refractivity contribution in [3.05, 3.63) is 12.7 Å². The molecule has 3 fully saturated rings. The Morgan fingerprint density at radius 3 is 2.60 bits per heavy atom. The van der Waals surface area contributed by atoms with Crippen LogP contribution in [0.5, 0.6) is 0 Å². The fourth-order valence-corrected chi connectivity index (χ4v) is 8.38. The lowest BCUT2D eigenvalue weighted by atomic mass is 9.43. The fraction of sp³-hybridized carbons (Fsp3) is 0.800. The third-order valence-corrected chi connectivity index (χ3v) is 10.6. The summed E-state index contributed by atoms with van der Waals surface area (Å²) in [6.45, 7) is 14.1. The molecule has 3 aliphatic carbocycles. The van der Waals surface area contributed by atoms with Gasteiger partial charge in [0, 0.05) is 5.75 Å². The summed E-state index contributed by atoms with van der Waals surface area (Å²) in [4.78, 5) is 0. The van der Waals surface area contributed by atoms with Crippen LogP contribution in [-0.2, 0) is 0 Å². The van der Waals surface area contributed by atoms with Crippen LogP contribution in [0.15, 0.2) is 21.3 Å². The van der Waals surface area contributed by atoms with Gasteiger partial charge in [0.25, 0.3) is 0 Å². The second kappa shape index (κ2) is 7.55. The summed E-state index contributed by atoms with van der Waals surface area (Å²) >= 11 is 5.39. The van der Waals surface area contributed by atoms with Crippen LogP contribution in [0.2, 0.25) is 0 Å². The Morgan fingerprint density at radius 1 is 1.28 bits per heavy atom. The van der Waals surface area contributed by atoms with E-state index in [-0.39, 0.29) is 0 Å². The highest BCUT2D eigenvalue weighted by molar-refractivity contribution is 8.03. The van der Waals surface area contributed by atoms with Gasteiger partial charge >= 0.3 is 0 Å². The lowest BCUT2D eigenvalue weighted by molar-refractivity contribution is -0.122. The number of thioether (sulfide) groups is 2. The summed E-state index contributed by atoms with van der Waals surface area (Å²) in [5, 5.41) is 8.66. The highest BCUT2D eigenvalue weighted by Crippen LogP contribution is 2.66. The maximum Gasteiger partial charge on any atom is 0.175 e. The number of rotatable bonds is 5. The van der Waals surface area contributed by atoms with Crippen molar-refractivity contribution in [2.45, 2.75) is 62.1 Å². The molecule has 0 amide bonds. The van der Waals surface area contributed by atoms with Crippen molar-refractivity contribution in [2.24, 2.45) is 34.5 Å². The molecule has 3 saturated carbocycles. The zero-order valence-corrected chi connectivity index (χ0v) is 18.7. The second-order valence-electron chi connectivity index (χ2n) is 8.77. The van der Waals surface area contributed by atoms with Crippen molar-refractivity contribution in [3.63, 3.8) is 0 Å². The van der Waals surface area contributed by atoms with Crippen molar-refractivity contribution in [1.29, 1.82) is 0 Å². The minimum absolute atomic E-state index is 0.369. The van der Waals surface area contributed by atoms with Crippen LogP contribution >= 0.6 is 34.9 Å². The van der Waals surface area contributed by atoms with Gasteiger partial charge in [-0.2, -0.15) is 0 Å². The molecule has 0 N–H and O–H groups in total. The van der Waals surface area contributed by atoms with E-state index in [9.17, 15) is 0 Å². The van der Waals surface area contributed by atoms with Crippen LogP contribution in [0.3, 0.4) is 0 Å². The maximum atomic E-state index is 4.39. The molecule has 3 aliphatic rings. The first-order valence-corrected chi connectivity index (χ1v) is 12.5. The topological polar surface area (TPSA) is 25.8 Å². The molecule has 1 heterocycles. The van der Waals surface area contributed by atoms with E-state index in [0.717, 1.165) is 26.4 Å². The van der Waals surface area contributed by atoms with Gasteiger partial charge in [-0.3, -0.25) is 0 Å². The average Bonchev–Trinajstić information content (AvgIpc) is 3.05. The minimum Gasteiger partial charge on any atom is -0.131 e. The average molecular weight is 397 g/mol. The van der Waals surface area contributed by atoms with E-state index in [4.69, 9.17) is 0 Å². The molecular weight excluding hydrogens is 364 g/mol. The summed E-state index contributed by atoms with van der Waals surface area (Å²) in [6.07, 6.45) is 9.60. The Morgan fingerprint density at radius 2 is 2.00 bits per heavy atom. The van der Waals surface area contributed by atoms with E-state index >= 15 is 0 Å². The number of hydrogen-bond donors (Lipinski definition) is 0. The number of hydrogen-bond acceptors (Lipinski definition) is 5. The maximum absolute atomic E-state index is 4.39. The summed E-state index contributed by atoms with van der Waals surface area (Å²) in [5.74, 6) is 4.36. The summed E-state index contributed by atoms with van der Waals surface area (Å²) in [7, 11) is 0. The Kier molecular flexibility index (Phi) is 5.97. The third kappa shape index (κ3) is 3.58. The predicted octanol–water partition coefficient (Wildman–Crippen LogP) is 6.64. The van der Waals surface area contributed by atoms with Crippen LogP contribution in [0.4, 0.5) is 0 Å². The van der Waals surface area contributed by atoms with Crippen LogP contribution < -0.4 is 0 Å². The lowest BCUT2D eigenvalue weighted by Crippen LogP contribution is -2.58. The predicted molar refractivity (Wildman–Crippen MR) is 113 cm³/mol. The molecule has 5 unspecified atom stereocenters. The quantitative estimate of drug-likeness (QED) is 0.411. The van der Waals surface area contributed by atoms with Gasteiger partial charge in [-0.1, -0.05) is 68.6 Å². The van der Waals surface area contributed by atoms with Gasteiger partial charge in [0.2, 0.25) is 0 Å². The molecule has 5 heteroatoms. The van der Waals surface area contributed by atoms with E-state index in [1.807, 2.05) is 11.8 Å². The van der Waals surface area contributed by atoms with Crippen molar-refractivity contribution in [2.75, 3.05) is 12.0 Å². The molecule has 25 heavy (non-hydrogen) atoms. The monoisotopic (exact) mass is 396 g/mol. The Labute approximate surface area is 166 Å². The van der Waals surface area contributed by atoms with Gasteiger partial charge in [0.1, 0.15) is 0 Å². The van der Waals surface area contributed by atoms with Crippen LogP contribution in [-0.4, -0.2) is 22.2 Å². The standard InChI is InChI=1S/C20H32N2S3/c1-7-15-8-9-19(4,5)20(11-16(14(20)3)13(2)10-15)12-24-18-22-21-17(23-6)25-18/h7,13-16H,1,8-12H2,2-6H3. The molecule has 0 radical (unpaired) electrons. The third-order valence-electron chi connectivity index (χ3n) is 7.36. The van der Waals surface area contributed by atoms with Gasteiger partial charge in [0.05, 0.1) is 0 Å². The molecule has 0 saturated heterocycles. The van der Waals surface area contributed by atoms with Gasteiger partial charge in [-0.15, -0.1) is 16.8 Å². The largest absolute Gasteiger partial charge is 0.175 e. The normalized spacial score (nSPS) is 37.5. The molecule has 2 nitrogen and oxygen atoms in total. The Balaban J connectivity index is 1.80. The van der Waals surface area contributed by atoms with Crippen molar-refractivity contribution < 1.29 is 0 Å². The van der Waals surface area contributed by atoms with Gasteiger partial charge in [0.15, 0.2) is 8.68 Å². The molecule has 5 atom stereocenters. The van der Waals surface area contributed by atoms with Crippen molar-refractivity contribution in [1.82, 2.24) is 10.2 Å².